The second kappa shape index (κ2) is 9.37. The van der Waals surface area contributed by atoms with Crippen LogP contribution in [-0.4, -0.2) is 33.1 Å². The molecule has 4 rings (SSSR count). The summed E-state index contributed by atoms with van der Waals surface area (Å²) in [5, 5.41) is 15.9. The van der Waals surface area contributed by atoms with Gasteiger partial charge in [0.05, 0.1) is 17.8 Å². The monoisotopic (exact) mass is 472 g/mol. The molecule has 0 bridgehead atoms. The summed E-state index contributed by atoms with van der Waals surface area (Å²) in [7, 11) is 1.38. The van der Waals surface area contributed by atoms with Crippen LogP contribution in [0.4, 0.5) is 15.9 Å². The predicted molar refractivity (Wildman–Crippen MR) is 123 cm³/mol. The van der Waals surface area contributed by atoms with Crippen molar-refractivity contribution in [2.24, 2.45) is 0 Å². The molecule has 0 aliphatic heterocycles. The molecular formula is C21H17FN4O4S2. The minimum atomic E-state index is -0.498. The van der Waals surface area contributed by atoms with E-state index in [4.69, 9.17) is 4.74 Å². The van der Waals surface area contributed by atoms with E-state index < -0.39 is 4.92 Å². The van der Waals surface area contributed by atoms with Gasteiger partial charge in [-0.15, -0.1) is 23.1 Å². The molecule has 0 aliphatic rings. The van der Waals surface area contributed by atoms with Gasteiger partial charge in [0, 0.05) is 29.0 Å². The SMILES string of the molecule is COc1ccc(CSCC(=O)Nc2c(-c3ccc(F)cc3)nc3sccn23)cc1[N+](=O)[O-]. The largest absolute Gasteiger partial charge is 0.490 e. The molecule has 0 saturated heterocycles. The van der Waals surface area contributed by atoms with Crippen molar-refractivity contribution in [2.75, 3.05) is 18.2 Å². The Hall–Kier alpha value is -3.44. The van der Waals surface area contributed by atoms with E-state index in [1.807, 2.05) is 5.38 Å². The maximum absolute atomic E-state index is 13.3. The standard InChI is InChI=1S/C21H17FN4O4S2/c1-30-17-7-2-13(10-16(17)26(28)29)11-31-12-18(27)23-20-19(14-3-5-15(22)6-4-14)24-21-25(20)8-9-32-21/h2-10H,11-12H2,1H3,(H,23,27). The maximum atomic E-state index is 13.3. The van der Waals surface area contributed by atoms with E-state index in [2.05, 4.69) is 10.3 Å². The number of ether oxygens (including phenoxy) is 1. The molecule has 164 valence electrons. The number of carbonyl (C=O) groups is 1. The summed E-state index contributed by atoms with van der Waals surface area (Å²) in [6, 6.07) is 10.6. The second-order valence-corrected chi connectivity index (χ2v) is 8.53. The molecule has 0 aliphatic carbocycles. The van der Waals surface area contributed by atoms with Crippen LogP contribution >= 0.6 is 23.1 Å². The van der Waals surface area contributed by atoms with Crippen LogP contribution in [0.3, 0.4) is 0 Å². The zero-order valence-electron chi connectivity index (χ0n) is 16.8. The number of hydrogen-bond acceptors (Lipinski definition) is 7. The maximum Gasteiger partial charge on any atom is 0.311 e. The fraction of sp³-hybridized carbons (Fsp3) is 0.143. The number of methoxy groups -OCH3 is 1. The van der Waals surface area contributed by atoms with Crippen LogP contribution in [0.1, 0.15) is 5.56 Å². The smallest absolute Gasteiger partial charge is 0.311 e. The van der Waals surface area contributed by atoms with Gasteiger partial charge in [-0.3, -0.25) is 19.3 Å². The molecule has 11 heteroatoms. The second-order valence-electron chi connectivity index (χ2n) is 6.68. The molecule has 8 nitrogen and oxygen atoms in total. The Labute approximate surface area is 190 Å². The molecule has 1 N–H and O–H groups in total. The Morgan fingerprint density at radius 3 is 2.81 bits per heavy atom. The quantitative estimate of drug-likeness (QED) is 0.287. The molecular weight excluding hydrogens is 455 g/mol. The summed E-state index contributed by atoms with van der Waals surface area (Å²) in [4.78, 5) is 28.6. The van der Waals surface area contributed by atoms with Crippen molar-refractivity contribution in [1.29, 1.82) is 0 Å². The number of anilines is 1. The Kier molecular flexibility index (Phi) is 6.37. The minimum Gasteiger partial charge on any atom is -0.490 e. The lowest BCUT2D eigenvalue weighted by Crippen LogP contribution is -2.16. The highest BCUT2D eigenvalue weighted by atomic mass is 32.2. The number of thiazole rings is 1. The van der Waals surface area contributed by atoms with Crippen molar-refractivity contribution in [3.63, 3.8) is 0 Å². The molecule has 32 heavy (non-hydrogen) atoms. The summed E-state index contributed by atoms with van der Waals surface area (Å²) in [5.74, 6) is 0.669. The van der Waals surface area contributed by atoms with Crippen molar-refractivity contribution >= 4 is 45.5 Å². The number of aromatic nitrogens is 2. The molecule has 0 atom stereocenters. The van der Waals surface area contributed by atoms with Gasteiger partial charge < -0.3 is 10.1 Å². The first-order chi connectivity index (χ1) is 15.5. The highest BCUT2D eigenvalue weighted by molar-refractivity contribution is 7.99. The normalized spacial score (nSPS) is 10.9. The van der Waals surface area contributed by atoms with Crippen LogP contribution in [0.5, 0.6) is 5.75 Å². The topological polar surface area (TPSA) is 98.8 Å². The van der Waals surface area contributed by atoms with Crippen LogP contribution < -0.4 is 10.1 Å². The lowest BCUT2D eigenvalue weighted by atomic mass is 10.1. The number of nitrogens with one attached hydrogen (secondary N) is 1. The van der Waals surface area contributed by atoms with Crippen LogP contribution in [0.2, 0.25) is 0 Å². The molecule has 2 aromatic carbocycles. The number of thioether (sulfide) groups is 1. The average molecular weight is 473 g/mol. The zero-order chi connectivity index (χ0) is 22.7. The highest BCUT2D eigenvalue weighted by Crippen LogP contribution is 2.32. The van der Waals surface area contributed by atoms with Crippen molar-refractivity contribution in [3.05, 3.63) is 75.5 Å². The Morgan fingerprint density at radius 2 is 2.09 bits per heavy atom. The number of halogens is 1. The first-order valence-electron chi connectivity index (χ1n) is 9.36. The van der Waals surface area contributed by atoms with E-state index in [0.29, 0.717) is 33.4 Å². The number of imidazole rings is 1. The number of nitro benzene ring substituents is 1. The van der Waals surface area contributed by atoms with Gasteiger partial charge >= 0.3 is 5.69 Å². The number of carbonyl (C=O) groups excluding carboxylic acids is 1. The van der Waals surface area contributed by atoms with Gasteiger partial charge in [0.1, 0.15) is 17.3 Å². The summed E-state index contributed by atoms with van der Waals surface area (Å²) in [5.41, 5.74) is 1.85. The summed E-state index contributed by atoms with van der Waals surface area (Å²) < 4.78 is 20.1. The lowest BCUT2D eigenvalue weighted by molar-refractivity contribution is -0.385. The van der Waals surface area contributed by atoms with Gasteiger partial charge in [-0.1, -0.05) is 6.07 Å². The van der Waals surface area contributed by atoms with Crippen LogP contribution in [-0.2, 0) is 10.5 Å². The van der Waals surface area contributed by atoms with Gasteiger partial charge in [0.15, 0.2) is 10.7 Å². The highest BCUT2D eigenvalue weighted by Gasteiger charge is 2.18. The fourth-order valence-corrected chi connectivity index (χ4v) is 4.60. The van der Waals surface area contributed by atoms with E-state index in [9.17, 15) is 19.3 Å². The Morgan fingerprint density at radius 1 is 1.31 bits per heavy atom. The molecule has 0 radical (unpaired) electrons. The number of amides is 1. The Bertz CT molecular complexity index is 1290. The molecule has 2 aromatic heterocycles. The van der Waals surface area contributed by atoms with E-state index in [0.717, 1.165) is 0 Å². The van der Waals surface area contributed by atoms with Gasteiger partial charge in [0.25, 0.3) is 0 Å². The minimum absolute atomic E-state index is 0.113. The third-order valence-electron chi connectivity index (χ3n) is 4.58. The first-order valence-corrected chi connectivity index (χ1v) is 11.4. The summed E-state index contributed by atoms with van der Waals surface area (Å²) >= 11 is 2.75. The van der Waals surface area contributed by atoms with Crippen LogP contribution in [0.25, 0.3) is 16.2 Å². The van der Waals surface area contributed by atoms with Crippen molar-refractivity contribution in [1.82, 2.24) is 9.38 Å². The third-order valence-corrected chi connectivity index (χ3v) is 6.34. The summed E-state index contributed by atoms with van der Waals surface area (Å²) in [6.07, 6.45) is 1.80. The predicted octanol–water partition coefficient (Wildman–Crippen LogP) is 4.99. The molecule has 0 spiro atoms. The van der Waals surface area contributed by atoms with E-state index in [1.54, 1.807) is 34.9 Å². The number of rotatable bonds is 8. The number of fused-ring (bicyclic) bond motifs is 1. The molecule has 0 fully saturated rings. The van der Waals surface area contributed by atoms with E-state index >= 15 is 0 Å². The van der Waals surface area contributed by atoms with Gasteiger partial charge in [-0.25, -0.2) is 9.37 Å². The number of benzene rings is 2. The van der Waals surface area contributed by atoms with E-state index in [-0.39, 0.29) is 28.9 Å². The van der Waals surface area contributed by atoms with Crippen molar-refractivity contribution in [3.8, 4) is 17.0 Å². The van der Waals surface area contributed by atoms with Gasteiger partial charge in [0.2, 0.25) is 5.91 Å². The molecule has 1 amide bonds. The molecule has 2 heterocycles. The number of hydrogen-bond donors (Lipinski definition) is 1. The van der Waals surface area contributed by atoms with Crippen molar-refractivity contribution < 1.29 is 18.8 Å². The average Bonchev–Trinajstić information content (AvgIpc) is 3.37. The fourth-order valence-electron chi connectivity index (χ4n) is 3.11. The third kappa shape index (κ3) is 4.58. The van der Waals surface area contributed by atoms with E-state index in [1.165, 1.54) is 48.4 Å². The number of nitro groups is 1. The number of nitrogens with zero attached hydrogens (tertiary/aromatic N) is 3. The van der Waals surface area contributed by atoms with Crippen LogP contribution in [0.15, 0.2) is 54.0 Å². The van der Waals surface area contributed by atoms with Crippen molar-refractivity contribution in [2.45, 2.75) is 5.75 Å². The molecule has 4 aromatic rings. The Balaban J connectivity index is 1.45. The summed E-state index contributed by atoms with van der Waals surface area (Å²) in [6.45, 7) is 0. The first kappa shape index (κ1) is 21.8. The molecule has 0 unspecified atom stereocenters. The lowest BCUT2D eigenvalue weighted by Gasteiger charge is -2.08. The van der Waals surface area contributed by atoms with Gasteiger partial charge in [-0.2, -0.15) is 0 Å². The van der Waals surface area contributed by atoms with Gasteiger partial charge in [-0.05, 0) is 35.9 Å². The van der Waals surface area contributed by atoms with Crippen LogP contribution in [0, 0.1) is 15.9 Å². The molecule has 0 saturated carbocycles. The zero-order valence-corrected chi connectivity index (χ0v) is 18.4.